The number of phenolic OH excluding ortho intramolecular Hbond substituents is 2. The van der Waals surface area contributed by atoms with E-state index in [-0.39, 0.29) is 17.3 Å². The van der Waals surface area contributed by atoms with Crippen molar-refractivity contribution in [1.82, 2.24) is 0 Å². The number of aromatic hydroxyl groups is 2. The summed E-state index contributed by atoms with van der Waals surface area (Å²) in [5.41, 5.74) is 2.06. The van der Waals surface area contributed by atoms with E-state index in [1.165, 1.54) is 0 Å². The van der Waals surface area contributed by atoms with Crippen LogP contribution in [0.5, 0.6) is 11.5 Å². The van der Waals surface area contributed by atoms with Crippen LogP contribution in [-0.2, 0) is 17.6 Å². The minimum Gasteiger partial charge on any atom is -0.504 e. The number of hydrogen-bond donors (Lipinski definition) is 2. The molecule has 0 amide bonds. The lowest BCUT2D eigenvalue weighted by molar-refractivity contribution is -0.118. The summed E-state index contributed by atoms with van der Waals surface area (Å²) in [4.78, 5) is 11.7. The Morgan fingerprint density at radius 2 is 1.57 bits per heavy atom. The quantitative estimate of drug-likeness (QED) is 0.785. The third kappa shape index (κ3) is 3.35. The average molecular weight is 286 g/mol. The summed E-state index contributed by atoms with van der Waals surface area (Å²) in [7, 11) is 0. The predicted molar refractivity (Wildman–Crippen MR) is 84.9 cm³/mol. The number of Topliss-reactive ketones (excluding diaryl/α,β-unsaturated/α-hetero) is 1. The number of carbonyl (C=O) groups excluding carboxylic acids is 1. The molecule has 0 bridgehead atoms. The van der Waals surface area contributed by atoms with E-state index < -0.39 is 0 Å². The van der Waals surface area contributed by atoms with Crippen molar-refractivity contribution >= 4 is 16.6 Å². The summed E-state index contributed by atoms with van der Waals surface area (Å²) >= 11 is 0. The van der Waals surface area contributed by atoms with Gasteiger partial charge in [0.2, 0.25) is 0 Å². The van der Waals surface area contributed by atoms with Crippen molar-refractivity contribution in [2.75, 3.05) is 0 Å². The van der Waals surface area contributed by atoms with Crippen molar-refractivity contribution in [3.8, 4) is 11.5 Å². The highest BCUT2D eigenvalue weighted by Gasteiger charge is 2.12. The molecule has 21 heavy (non-hydrogen) atoms. The Labute approximate surface area is 125 Å². The summed E-state index contributed by atoms with van der Waals surface area (Å²) in [6.45, 7) is 3.99. The maximum atomic E-state index is 11.7. The molecule has 0 aromatic heterocycles. The maximum Gasteiger partial charge on any atom is 0.158 e. The Morgan fingerprint density at radius 3 is 2.14 bits per heavy atom. The van der Waals surface area contributed by atoms with Gasteiger partial charge < -0.3 is 10.2 Å². The Morgan fingerprint density at radius 1 is 1.00 bits per heavy atom. The minimum atomic E-state index is -0.139. The number of fused-ring (bicyclic) bond motifs is 1. The van der Waals surface area contributed by atoms with E-state index in [0.29, 0.717) is 12.8 Å². The van der Waals surface area contributed by atoms with E-state index in [0.717, 1.165) is 41.2 Å². The summed E-state index contributed by atoms with van der Waals surface area (Å²) in [6, 6.07) is 7.18. The fraction of sp³-hybridized carbons (Fsp3) is 0.389. The Bertz CT molecular complexity index is 659. The molecule has 0 fully saturated rings. The number of carbonyl (C=O) groups is 1. The third-order valence-corrected chi connectivity index (χ3v) is 3.87. The Balaban J connectivity index is 2.56. The first-order chi connectivity index (χ1) is 10.1. The molecular weight excluding hydrogens is 264 g/mol. The van der Waals surface area contributed by atoms with Crippen LogP contribution in [0.2, 0.25) is 0 Å². The highest BCUT2D eigenvalue weighted by molar-refractivity contribution is 5.94. The van der Waals surface area contributed by atoms with Gasteiger partial charge in [-0.1, -0.05) is 32.4 Å². The van der Waals surface area contributed by atoms with Crippen LogP contribution in [0.25, 0.3) is 10.8 Å². The van der Waals surface area contributed by atoms with Crippen molar-refractivity contribution in [2.24, 2.45) is 0 Å². The maximum absolute atomic E-state index is 11.7. The van der Waals surface area contributed by atoms with Crippen LogP contribution in [0.1, 0.15) is 44.2 Å². The second-order valence-electron chi connectivity index (χ2n) is 5.44. The second kappa shape index (κ2) is 6.61. The molecule has 0 radical (unpaired) electrons. The Hall–Kier alpha value is -2.03. The van der Waals surface area contributed by atoms with Crippen molar-refractivity contribution in [2.45, 2.75) is 46.0 Å². The summed E-state index contributed by atoms with van der Waals surface area (Å²) in [6.07, 6.45) is 3.97. The van der Waals surface area contributed by atoms with Gasteiger partial charge in [-0.3, -0.25) is 4.79 Å². The number of phenols is 2. The normalized spacial score (nSPS) is 11.0. The largest absolute Gasteiger partial charge is 0.504 e. The van der Waals surface area contributed by atoms with Crippen LogP contribution in [-0.4, -0.2) is 16.0 Å². The lowest BCUT2D eigenvalue weighted by Gasteiger charge is -2.12. The van der Waals surface area contributed by atoms with Crippen LogP contribution in [0, 0.1) is 0 Å². The molecule has 0 unspecified atom stereocenters. The molecule has 3 nitrogen and oxygen atoms in total. The number of ketones is 1. The molecule has 0 aliphatic carbocycles. The van der Waals surface area contributed by atoms with Crippen molar-refractivity contribution in [3.63, 3.8) is 0 Å². The van der Waals surface area contributed by atoms with Gasteiger partial charge in [-0.15, -0.1) is 0 Å². The molecule has 3 heteroatoms. The second-order valence-corrected chi connectivity index (χ2v) is 5.44. The average Bonchev–Trinajstić information content (AvgIpc) is 2.48. The summed E-state index contributed by atoms with van der Waals surface area (Å²) < 4.78 is 0. The molecule has 0 spiro atoms. The van der Waals surface area contributed by atoms with E-state index in [1.807, 2.05) is 19.1 Å². The van der Waals surface area contributed by atoms with Gasteiger partial charge in [0.05, 0.1) is 0 Å². The van der Waals surface area contributed by atoms with E-state index in [4.69, 9.17) is 0 Å². The highest BCUT2D eigenvalue weighted by atomic mass is 16.3. The smallest absolute Gasteiger partial charge is 0.158 e. The lowest BCUT2D eigenvalue weighted by Crippen LogP contribution is -2.02. The van der Waals surface area contributed by atoms with Gasteiger partial charge in [-0.05, 0) is 46.9 Å². The number of unbranched alkanes of at least 4 members (excludes halogenated alkanes) is 1. The van der Waals surface area contributed by atoms with Crippen molar-refractivity contribution in [1.29, 1.82) is 0 Å². The van der Waals surface area contributed by atoms with Crippen molar-refractivity contribution < 1.29 is 15.0 Å². The first-order valence-corrected chi connectivity index (χ1v) is 7.55. The van der Waals surface area contributed by atoms with Crippen LogP contribution < -0.4 is 0 Å². The number of hydrogen-bond acceptors (Lipinski definition) is 3. The number of rotatable bonds is 6. The molecule has 0 atom stereocenters. The summed E-state index contributed by atoms with van der Waals surface area (Å²) in [5, 5.41) is 21.3. The fourth-order valence-electron chi connectivity index (χ4n) is 2.57. The zero-order valence-corrected chi connectivity index (χ0v) is 12.6. The molecule has 2 N–H and O–H groups in total. The van der Waals surface area contributed by atoms with Gasteiger partial charge in [0, 0.05) is 12.8 Å². The zero-order valence-electron chi connectivity index (χ0n) is 12.6. The third-order valence-electron chi connectivity index (χ3n) is 3.87. The molecule has 0 aliphatic rings. The van der Waals surface area contributed by atoms with E-state index in [1.54, 1.807) is 12.1 Å². The van der Waals surface area contributed by atoms with E-state index >= 15 is 0 Å². The molecule has 2 rings (SSSR count). The first kappa shape index (κ1) is 15.4. The lowest BCUT2D eigenvalue weighted by atomic mass is 9.93. The van der Waals surface area contributed by atoms with Gasteiger partial charge in [0.15, 0.2) is 11.5 Å². The first-order valence-electron chi connectivity index (χ1n) is 7.55. The zero-order chi connectivity index (χ0) is 15.4. The fourth-order valence-corrected chi connectivity index (χ4v) is 2.57. The van der Waals surface area contributed by atoms with Gasteiger partial charge in [-0.25, -0.2) is 0 Å². The highest BCUT2D eigenvalue weighted by Crippen LogP contribution is 2.34. The molecule has 0 saturated heterocycles. The van der Waals surface area contributed by atoms with Gasteiger partial charge in [0.1, 0.15) is 5.78 Å². The standard InChI is InChI=1S/C18H22O3/c1-3-5-6-12-7-8-13(9-14(19)4-2)16-11-18(21)17(20)10-15(12)16/h7-8,10-11,20-21H,3-6,9H2,1-2H3. The Kier molecular flexibility index (Phi) is 4.84. The van der Waals surface area contributed by atoms with E-state index in [2.05, 4.69) is 6.92 Å². The van der Waals surface area contributed by atoms with Gasteiger partial charge >= 0.3 is 0 Å². The SMILES string of the molecule is CCCCc1ccc(CC(=O)CC)c2cc(O)c(O)cc12. The van der Waals surface area contributed by atoms with E-state index in [9.17, 15) is 15.0 Å². The number of benzene rings is 2. The van der Waals surface area contributed by atoms with Crippen LogP contribution in [0.3, 0.4) is 0 Å². The monoisotopic (exact) mass is 286 g/mol. The molecule has 0 saturated carbocycles. The predicted octanol–water partition coefficient (Wildman–Crippen LogP) is 4.12. The number of aryl methyl sites for hydroxylation is 1. The molecular formula is C18H22O3. The molecule has 2 aromatic rings. The van der Waals surface area contributed by atoms with Crippen LogP contribution in [0.15, 0.2) is 24.3 Å². The molecule has 0 aliphatic heterocycles. The van der Waals surface area contributed by atoms with Crippen LogP contribution in [0.4, 0.5) is 0 Å². The van der Waals surface area contributed by atoms with Gasteiger partial charge in [-0.2, -0.15) is 0 Å². The molecule has 112 valence electrons. The van der Waals surface area contributed by atoms with Crippen LogP contribution >= 0.6 is 0 Å². The van der Waals surface area contributed by atoms with Crippen molar-refractivity contribution in [3.05, 3.63) is 35.4 Å². The van der Waals surface area contributed by atoms with Gasteiger partial charge in [0.25, 0.3) is 0 Å². The molecule has 0 heterocycles. The topological polar surface area (TPSA) is 57.5 Å². The minimum absolute atomic E-state index is 0.112. The molecule has 2 aromatic carbocycles. The summed E-state index contributed by atoms with van der Waals surface area (Å²) in [5.74, 6) is -0.0790.